The Bertz CT molecular complexity index is 421. The van der Waals surface area contributed by atoms with Gasteiger partial charge in [-0.2, -0.15) is 0 Å². The second-order valence-electron chi connectivity index (χ2n) is 5.75. The van der Waals surface area contributed by atoms with E-state index in [1.807, 2.05) is 4.90 Å². The van der Waals surface area contributed by atoms with Crippen LogP contribution in [0.2, 0.25) is 0 Å². The summed E-state index contributed by atoms with van der Waals surface area (Å²) >= 11 is 0. The monoisotopic (exact) mass is 324 g/mol. The molecule has 0 aromatic rings. The number of amides is 2. The minimum atomic E-state index is -0.539. The van der Waals surface area contributed by atoms with Gasteiger partial charge in [-0.1, -0.05) is 19.3 Å². The van der Waals surface area contributed by atoms with Crippen LogP contribution in [0.4, 0.5) is 0 Å². The molecule has 130 valence electrons. The fourth-order valence-corrected chi connectivity index (χ4v) is 2.54. The molecule has 0 unspecified atom stereocenters. The number of nitrogens with one attached hydrogen (secondary N) is 1. The Morgan fingerprint density at radius 1 is 1.13 bits per heavy atom. The van der Waals surface area contributed by atoms with Crippen LogP contribution in [0.3, 0.4) is 0 Å². The number of hydrogen-bond donors (Lipinski definition) is 1. The van der Waals surface area contributed by atoms with Crippen molar-refractivity contribution in [3.8, 4) is 0 Å². The van der Waals surface area contributed by atoms with E-state index in [0.29, 0.717) is 18.9 Å². The molecule has 0 atom stereocenters. The van der Waals surface area contributed by atoms with Crippen LogP contribution >= 0.6 is 0 Å². The Labute approximate surface area is 138 Å². The summed E-state index contributed by atoms with van der Waals surface area (Å²) in [6.07, 6.45) is 10.3. The lowest BCUT2D eigenvalue weighted by atomic mass is 10.2. The van der Waals surface area contributed by atoms with Crippen LogP contribution in [-0.4, -0.2) is 49.4 Å². The molecule has 1 aliphatic heterocycles. The number of methoxy groups -OCH3 is 1. The molecule has 1 saturated heterocycles. The molecular formula is C17H28N2O4. The number of likely N-dealkylation sites (tertiary alicyclic amines) is 1. The van der Waals surface area contributed by atoms with Gasteiger partial charge in [-0.25, -0.2) is 4.79 Å². The summed E-state index contributed by atoms with van der Waals surface area (Å²) in [5.41, 5.74) is 0. The van der Waals surface area contributed by atoms with Gasteiger partial charge in [0, 0.05) is 38.2 Å². The first-order valence-electron chi connectivity index (χ1n) is 8.45. The van der Waals surface area contributed by atoms with E-state index in [1.54, 1.807) is 0 Å². The summed E-state index contributed by atoms with van der Waals surface area (Å²) in [7, 11) is 1.27. The number of nitrogens with zero attached hydrogens (tertiary/aromatic N) is 1. The lowest BCUT2D eigenvalue weighted by molar-refractivity contribution is -0.135. The van der Waals surface area contributed by atoms with E-state index >= 15 is 0 Å². The van der Waals surface area contributed by atoms with Crippen molar-refractivity contribution in [1.82, 2.24) is 10.2 Å². The second kappa shape index (κ2) is 11.7. The minimum absolute atomic E-state index is 0.287. The Balaban J connectivity index is 2.00. The highest BCUT2D eigenvalue weighted by Gasteiger charge is 2.15. The van der Waals surface area contributed by atoms with E-state index in [1.165, 1.54) is 13.2 Å². The van der Waals surface area contributed by atoms with Crippen LogP contribution in [0.1, 0.15) is 51.4 Å². The fraction of sp³-hybridized carbons (Fsp3) is 0.706. The zero-order valence-corrected chi connectivity index (χ0v) is 14.0. The van der Waals surface area contributed by atoms with Gasteiger partial charge in [0.1, 0.15) is 0 Å². The summed E-state index contributed by atoms with van der Waals surface area (Å²) in [5, 5.41) is 2.72. The number of carbonyl (C=O) groups is 3. The third-order valence-corrected chi connectivity index (χ3v) is 3.90. The number of rotatable bonds is 9. The van der Waals surface area contributed by atoms with Crippen molar-refractivity contribution in [2.45, 2.75) is 51.4 Å². The van der Waals surface area contributed by atoms with Crippen molar-refractivity contribution in [2.24, 2.45) is 0 Å². The van der Waals surface area contributed by atoms with E-state index in [0.717, 1.165) is 64.1 Å². The number of hydrogen-bond acceptors (Lipinski definition) is 4. The number of esters is 1. The normalized spacial score (nSPS) is 15.5. The van der Waals surface area contributed by atoms with Gasteiger partial charge in [-0.05, 0) is 25.7 Å². The lowest BCUT2D eigenvalue weighted by Gasteiger charge is -2.20. The van der Waals surface area contributed by atoms with Gasteiger partial charge in [-0.15, -0.1) is 0 Å². The molecule has 6 heteroatoms. The third kappa shape index (κ3) is 9.01. The van der Waals surface area contributed by atoms with Gasteiger partial charge in [0.15, 0.2) is 0 Å². The minimum Gasteiger partial charge on any atom is -0.466 e. The van der Waals surface area contributed by atoms with Gasteiger partial charge in [0.05, 0.1) is 7.11 Å². The molecule has 1 aliphatic rings. The molecule has 1 heterocycles. The van der Waals surface area contributed by atoms with Crippen molar-refractivity contribution in [2.75, 3.05) is 26.7 Å². The highest BCUT2D eigenvalue weighted by atomic mass is 16.5. The quantitative estimate of drug-likeness (QED) is 0.399. The Morgan fingerprint density at radius 2 is 1.91 bits per heavy atom. The fourth-order valence-electron chi connectivity index (χ4n) is 2.54. The molecule has 1 fully saturated rings. The zero-order chi connectivity index (χ0) is 16.9. The van der Waals surface area contributed by atoms with Crippen LogP contribution in [-0.2, 0) is 19.1 Å². The summed E-state index contributed by atoms with van der Waals surface area (Å²) in [4.78, 5) is 36.0. The SMILES string of the molecule is COC(=O)C=CC(=O)NCCCCCCN1CCCCCC1=O. The smallest absolute Gasteiger partial charge is 0.330 e. The summed E-state index contributed by atoms with van der Waals surface area (Å²) in [5.74, 6) is -0.527. The van der Waals surface area contributed by atoms with Crippen LogP contribution in [0.25, 0.3) is 0 Å². The summed E-state index contributed by atoms with van der Waals surface area (Å²) in [6.45, 7) is 2.35. The van der Waals surface area contributed by atoms with Gasteiger partial charge in [0.25, 0.3) is 0 Å². The van der Waals surface area contributed by atoms with E-state index in [2.05, 4.69) is 10.1 Å². The van der Waals surface area contributed by atoms with E-state index in [9.17, 15) is 14.4 Å². The Morgan fingerprint density at radius 3 is 2.70 bits per heavy atom. The Kier molecular flexibility index (Phi) is 9.75. The Hall–Kier alpha value is -1.85. The molecule has 1 rings (SSSR count). The molecule has 0 saturated carbocycles. The van der Waals surface area contributed by atoms with Crippen molar-refractivity contribution in [3.05, 3.63) is 12.2 Å². The molecule has 2 amide bonds. The van der Waals surface area contributed by atoms with Gasteiger partial charge >= 0.3 is 5.97 Å². The van der Waals surface area contributed by atoms with Crippen molar-refractivity contribution in [1.29, 1.82) is 0 Å². The van der Waals surface area contributed by atoms with Gasteiger partial charge < -0.3 is 15.0 Å². The van der Waals surface area contributed by atoms with Crippen molar-refractivity contribution < 1.29 is 19.1 Å². The van der Waals surface area contributed by atoms with E-state index < -0.39 is 5.97 Å². The first-order chi connectivity index (χ1) is 11.1. The van der Waals surface area contributed by atoms with Crippen LogP contribution < -0.4 is 5.32 Å². The number of carbonyl (C=O) groups excluding carboxylic acids is 3. The van der Waals surface area contributed by atoms with Crippen LogP contribution in [0.15, 0.2) is 12.2 Å². The molecule has 0 aromatic heterocycles. The molecular weight excluding hydrogens is 296 g/mol. The predicted molar refractivity (Wildman–Crippen MR) is 87.7 cm³/mol. The van der Waals surface area contributed by atoms with Gasteiger partial charge in [0.2, 0.25) is 11.8 Å². The van der Waals surface area contributed by atoms with E-state index in [4.69, 9.17) is 0 Å². The predicted octanol–water partition coefficient (Wildman–Crippen LogP) is 1.79. The maximum atomic E-state index is 11.8. The summed E-state index contributed by atoms with van der Waals surface area (Å²) in [6, 6.07) is 0. The first kappa shape index (κ1) is 19.2. The third-order valence-electron chi connectivity index (χ3n) is 3.90. The maximum Gasteiger partial charge on any atom is 0.330 e. The number of unbranched alkanes of at least 4 members (excludes halogenated alkanes) is 3. The van der Waals surface area contributed by atoms with Crippen LogP contribution in [0.5, 0.6) is 0 Å². The molecule has 0 bridgehead atoms. The topological polar surface area (TPSA) is 75.7 Å². The van der Waals surface area contributed by atoms with E-state index in [-0.39, 0.29) is 5.91 Å². The molecule has 1 N–H and O–H groups in total. The average molecular weight is 324 g/mol. The molecule has 0 spiro atoms. The highest BCUT2D eigenvalue weighted by molar-refractivity contribution is 5.94. The van der Waals surface area contributed by atoms with Gasteiger partial charge in [-0.3, -0.25) is 9.59 Å². The molecule has 0 aromatic carbocycles. The second-order valence-corrected chi connectivity index (χ2v) is 5.75. The van der Waals surface area contributed by atoms with Crippen molar-refractivity contribution in [3.63, 3.8) is 0 Å². The molecule has 0 radical (unpaired) electrons. The molecule has 6 nitrogen and oxygen atoms in total. The molecule has 23 heavy (non-hydrogen) atoms. The first-order valence-corrected chi connectivity index (χ1v) is 8.45. The average Bonchev–Trinajstić information content (AvgIpc) is 2.76. The van der Waals surface area contributed by atoms with Crippen LogP contribution in [0, 0.1) is 0 Å². The highest BCUT2D eigenvalue weighted by Crippen LogP contribution is 2.12. The largest absolute Gasteiger partial charge is 0.466 e. The number of ether oxygens (including phenoxy) is 1. The summed E-state index contributed by atoms with van der Waals surface area (Å²) < 4.78 is 4.40. The standard InChI is InChI=1S/C17H28N2O4/c1-23-17(22)11-10-15(20)18-12-6-2-3-7-13-19-14-8-4-5-9-16(19)21/h10-11H,2-9,12-14H2,1H3,(H,18,20). The van der Waals surface area contributed by atoms with Crippen molar-refractivity contribution >= 4 is 17.8 Å². The maximum absolute atomic E-state index is 11.8. The molecule has 0 aliphatic carbocycles. The zero-order valence-electron chi connectivity index (χ0n) is 14.0. The lowest BCUT2D eigenvalue weighted by Crippen LogP contribution is -2.31.